The van der Waals surface area contributed by atoms with E-state index >= 15 is 0 Å². The highest BCUT2D eigenvalue weighted by Crippen LogP contribution is 2.15. The summed E-state index contributed by atoms with van der Waals surface area (Å²) in [5.74, 6) is 0.979. The molecule has 0 unspecified atom stereocenters. The first-order valence-electron chi connectivity index (χ1n) is 5.24. The summed E-state index contributed by atoms with van der Waals surface area (Å²) in [6, 6.07) is 0. The van der Waals surface area contributed by atoms with E-state index in [-0.39, 0.29) is 5.41 Å². The summed E-state index contributed by atoms with van der Waals surface area (Å²) >= 11 is 0. The van der Waals surface area contributed by atoms with E-state index in [4.69, 9.17) is 4.74 Å². The molecule has 76 valence electrons. The van der Waals surface area contributed by atoms with E-state index in [0.717, 1.165) is 25.5 Å². The maximum Gasteiger partial charge on any atom is 0.183 e. The van der Waals surface area contributed by atoms with Crippen LogP contribution in [0.25, 0.3) is 0 Å². The summed E-state index contributed by atoms with van der Waals surface area (Å²) in [4.78, 5) is 4.42. The third-order valence-electron chi connectivity index (χ3n) is 2.01. The van der Waals surface area contributed by atoms with Crippen LogP contribution in [-0.2, 0) is 4.74 Å². The average Bonchev–Trinajstić information content (AvgIpc) is 2.26. The molecule has 2 nitrogen and oxygen atoms in total. The molecule has 0 aromatic carbocycles. The molecule has 0 aromatic heterocycles. The molecule has 0 radical (unpaired) electrons. The van der Waals surface area contributed by atoms with Crippen molar-refractivity contribution in [3.8, 4) is 0 Å². The molecule has 13 heavy (non-hydrogen) atoms. The Bertz CT molecular complexity index is 179. The van der Waals surface area contributed by atoms with E-state index in [1.54, 1.807) is 0 Å². The minimum atomic E-state index is 0.245. The van der Waals surface area contributed by atoms with Gasteiger partial charge in [-0.2, -0.15) is 0 Å². The van der Waals surface area contributed by atoms with Crippen molar-refractivity contribution < 1.29 is 4.74 Å². The normalized spacial score (nSPS) is 19.2. The Balaban J connectivity index is 2.30. The molecule has 0 saturated heterocycles. The van der Waals surface area contributed by atoms with Crippen molar-refractivity contribution >= 4 is 5.90 Å². The van der Waals surface area contributed by atoms with Crippen LogP contribution in [0.5, 0.6) is 0 Å². The van der Waals surface area contributed by atoms with Gasteiger partial charge in [-0.05, 0) is 18.3 Å². The lowest BCUT2D eigenvalue weighted by atomic mass is 9.99. The maximum absolute atomic E-state index is 5.68. The Morgan fingerprint density at radius 3 is 2.69 bits per heavy atom. The van der Waals surface area contributed by atoms with Gasteiger partial charge in [0.2, 0.25) is 0 Å². The lowest BCUT2D eigenvalue weighted by Gasteiger charge is -2.19. The predicted octanol–water partition coefficient (Wildman–Crippen LogP) is 3.02. The van der Waals surface area contributed by atoms with Crippen LogP contribution in [0.4, 0.5) is 0 Å². The van der Waals surface area contributed by atoms with Crippen LogP contribution < -0.4 is 0 Å². The van der Waals surface area contributed by atoms with Gasteiger partial charge in [-0.15, -0.1) is 0 Å². The Kier molecular flexibility index (Phi) is 3.76. The van der Waals surface area contributed by atoms with Crippen LogP contribution in [0.1, 0.15) is 46.5 Å². The average molecular weight is 183 g/mol. The minimum Gasteiger partial charge on any atom is -0.480 e. The first kappa shape index (κ1) is 10.6. The monoisotopic (exact) mass is 183 g/mol. The molecular weight excluding hydrogens is 162 g/mol. The number of aliphatic imine (C=N–C) groups is 1. The largest absolute Gasteiger partial charge is 0.480 e. The fourth-order valence-electron chi connectivity index (χ4n) is 1.27. The molecule has 1 rings (SSSR count). The highest BCUT2D eigenvalue weighted by molar-refractivity contribution is 5.76. The molecule has 1 aliphatic heterocycles. The summed E-state index contributed by atoms with van der Waals surface area (Å²) in [6.07, 6.45) is 4.80. The zero-order valence-electron chi connectivity index (χ0n) is 9.10. The predicted molar refractivity (Wildman–Crippen MR) is 56.2 cm³/mol. The second-order valence-corrected chi connectivity index (χ2v) is 4.94. The Labute approximate surface area is 81.4 Å². The van der Waals surface area contributed by atoms with Crippen molar-refractivity contribution in [2.75, 3.05) is 13.2 Å². The Morgan fingerprint density at radius 1 is 1.23 bits per heavy atom. The summed E-state index contributed by atoms with van der Waals surface area (Å²) in [5, 5.41) is 0. The molecule has 0 fully saturated rings. The van der Waals surface area contributed by atoms with Gasteiger partial charge in [-0.25, -0.2) is 0 Å². The maximum atomic E-state index is 5.68. The third-order valence-corrected chi connectivity index (χ3v) is 2.01. The minimum absolute atomic E-state index is 0.245. The Morgan fingerprint density at radius 2 is 2.00 bits per heavy atom. The SMILES string of the molecule is CC(C)(C)COC1=NCCCCC1. The lowest BCUT2D eigenvalue weighted by molar-refractivity contribution is 0.182. The van der Waals surface area contributed by atoms with E-state index in [9.17, 15) is 0 Å². The number of hydrogen-bond acceptors (Lipinski definition) is 2. The van der Waals surface area contributed by atoms with Crippen LogP contribution in [0.2, 0.25) is 0 Å². The van der Waals surface area contributed by atoms with Crippen LogP contribution in [-0.4, -0.2) is 19.0 Å². The van der Waals surface area contributed by atoms with Gasteiger partial charge in [-0.1, -0.05) is 27.2 Å². The molecule has 0 amide bonds. The quantitative estimate of drug-likeness (QED) is 0.612. The topological polar surface area (TPSA) is 21.6 Å². The van der Waals surface area contributed by atoms with E-state index in [1.807, 2.05) is 0 Å². The highest BCUT2D eigenvalue weighted by Gasteiger charge is 2.13. The molecule has 0 aromatic rings. The van der Waals surface area contributed by atoms with E-state index in [0.29, 0.717) is 0 Å². The first-order valence-corrected chi connectivity index (χ1v) is 5.24. The van der Waals surface area contributed by atoms with Crippen molar-refractivity contribution in [1.29, 1.82) is 0 Å². The molecule has 0 bridgehead atoms. The van der Waals surface area contributed by atoms with Crippen molar-refractivity contribution in [3.05, 3.63) is 0 Å². The second-order valence-electron chi connectivity index (χ2n) is 4.94. The second kappa shape index (κ2) is 4.64. The molecule has 0 aliphatic carbocycles. The van der Waals surface area contributed by atoms with Gasteiger partial charge < -0.3 is 4.74 Å². The number of rotatable bonds is 1. The first-order chi connectivity index (χ1) is 6.08. The van der Waals surface area contributed by atoms with Crippen LogP contribution >= 0.6 is 0 Å². The van der Waals surface area contributed by atoms with Gasteiger partial charge in [-0.3, -0.25) is 4.99 Å². The summed E-state index contributed by atoms with van der Waals surface area (Å²) in [7, 11) is 0. The number of nitrogens with zero attached hydrogens (tertiary/aromatic N) is 1. The zero-order chi connectivity index (χ0) is 9.73. The molecule has 0 atom stereocenters. The number of ether oxygens (including phenoxy) is 1. The van der Waals surface area contributed by atoms with Crippen LogP contribution in [0.3, 0.4) is 0 Å². The molecule has 2 heteroatoms. The summed E-state index contributed by atoms with van der Waals surface area (Å²) in [6.45, 7) is 8.30. The molecule has 1 heterocycles. The van der Waals surface area contributed by atoms with E-state index < -0.39 is 0 Å². The van der Waals surface area contributed by atoms with Crippen LogP contribution in [0.15, 0.2) is 4.99 Å². The molecule has 0 saturated carbocycles. The summed E-state index contributed by atoms with van der Waals surface area (Å²) in [5.41, 5.74) is 0.245. The van der Waals surface area contributed by atoms with Crippen LogP contribution in [0, 0.1) is 5.41 Å². The van der Waals surface area contributed by atoms with E-state index in [2.05, 4.69) is 25.8 Å². The van der Waals surface area contributed by atoms with Crippen molar-refractivity contribution in [2.24, 2.45) is 10.4 Å². The molecule has 0 N–H and O–H groups in total. The fourth-order valence-corrected chi connectivity index (χ4v) is 1.27. The van der Waals surface area contributed by atoms with Crippen molar-refractivity contribution in [2.45, 2.75) is 46.5 Å². The van der Waals surface area contributed by atoms with Gasteiger partial charge in [0, 0.05) is 13.0 Å². The Hall–Kier alpha value is -0.530. The highest BCUT2D eigenvalue weighted by atomic mass is 16.5. The summed E-state index contributed by atoms with van der Waals surface area (Å²) < 4.78 is 5.68. The third kappa shape index (κ3) is 4.91. The zero-order valence-corrected chi connectivity index (χ0v) is 9.10. The van der Waals surface area contributed by atoms with Gasteiger partial charge >= 0.3 is 0 Å². The molecule has 0 spiro atoms. The lowest BCUT2D eigenvalue weighted by Crippen LogP contribution is -2.18. The van der Waals surface area contributed by atoms with Crippen molar-refractivity contribution in [1.82, 2.24) is 0 Å². The standard InChI is InChI=1S/C11H21NO/c1-11(2,3)9-13-10-7-5-4-6-8-12-10/h4-9H2,1-3H3. The van der Waals surface area contributed by atoms with Gasteiger partial charge in [0.15, 0.2) is 5.90 Å². The van der Waals surface area contributed by atoms with Gasteiger partial charge in [0.25, 0.3) is 0 Å². The van der Waals surface area contributed by atoms with Crippen molar-refractivity contribution in [3.63, 3.8) is 0 Å². The van der Waals surface area contributed by atoms with E-state index in [1.165, 1.54) is 19.3 Å². The van der Waals surface area contributed by atoms with Gasteiger partial charge in [0.1, 0.15) is 0 Å². The molecular formula is C11H21NO. The van der Waals surface area contributed by atoms with Gasteiger partial charge in [0.05, 0.1) is 6.61 Å². The number of hydrogen-bond donors (Lipinski definition) is 0. The molecule has 1 aliphatic rings. The fraction of sp³-hybridized carbons (Fsp3) is 0.909. The smallest absolute Gasteiger partial charge is 0.183 e.